The first-order valence-corrected chi connectivity index (χ1v) is 15.1. The highest BCUT2D eigenvalue weighted by Crippen LogP contribution is 2.47. The molecule has 8 heteroatoms. The maximum absolute atomic E-state index is 7.18. The summed E-state index contributed by atoms with van der Waals surface area (Å²) in [6, 6.07) is 31.1. The minimum atomic E-state index is -0.843. The van der Waals surface area contributed by atoms with E-state index in [0.29, 0.717) is 12.4 Å². The molecule has 2 N–H and O–H groups in total. The van der Waals surface area contributed by atoms with E-state index in [1.54, 1.807) is 0 Å². The van der Waals surface area contributed by atoms with Gasteiger partial charge >= 0.3 is 0 Å². The van der Waals surface area contributed by atoms with Gasteiger partial charge < -0.3 is 24.5 Å². The average Bonchev–Trinajstić information content (AvgIpc) is 3.63. The molecule has 0 radical (unpaired) electrons. The van der Waals surface area contributed by atoms with Gasteiger partial charge in [0.2, 0.25) is 0 Å². The number of nitrogens with zero attached hydrogens (tertiary/aromatic N) is 3. The monoisotopic (exact) mass is 670 g/mol. The third-order valence-electron chi connectivity index (χ3n) is 8.13. The van der Waals surface area contributed by atoms with Crippen molar-refractivity contribution < 1.29 is 14.2 Å². The summed E-state index contributed by atoms with van der Waals surface area (Å²) in [5.74, 6) is -0.278. The number of nitrogen functional groups attached to an aromatic ring is 1. The Morgan fingerprint density at radius 2 is 1.45 bits per heavy atom. The van der Waals surface area contributed by atoms with Crippen LogP contribution in [0.5, 0.6) is 0 Å². The fraction of sp³-hybridized carbons (Fsp3) is 0.235. The summed E-state index contributed by atoms with van der Waals surface area (Å²) in [4.78, 5) is 8.81. The first-order valence-electron chi connectivity index (χ1n) is 14.0. The molecule has 0 spiro atoms. The molecule has 7 nitrogen and oxygen atoms in total. The van der Waals surface area contributed by atoms with Gasteiger partial charge in [-0.3, -0.25) is 0 Å². The normalized spacial score (nSPS) is 21.4. The predicted octanol–water partition coefficient (Wildman–Crippen LogP) is 6.63. The van der Waals surface area contributed by atoms with Gasteiger partial charge in [0, 0.05) is 9.77 Å². The summed E-state index contributed by atoms with van der Waals surface area (Å²) >= 11 is 2.29. The molecule has 0 saturated carbocycles. The second-order valence-electron chi connectivity index (χ2n) is 11.2. The van der Waals surface area contributed by atoms with Gasteiger partial charge in [-0.1, -0.05) is 97.1 Å². The molecule has 1 aliphatic carbocycles. The van der Waals surface area contributed by atoms with Crippen molar-refractivity contribution in [2.75, 3.05) is 12.3 Å². The van der Waals surface area contributed by atoms with Gasteiger partial charge in [0.1, 0.15) is 35.6 Å². The van der Waals surface area contributed by atoms with Gasteiger partial charge in [-0.2, -0.15) is 0 Å². The molecule has 42 heavy (non-hydrogen) atoms. The second kappa shape index (κ2) is 10.6. The Hall–Kier alpha value is -3.57. The molecule has 5 aromatic rings. The predicted molar refractivity (Wildman–Crippen MR) is 171 cm³/mol. The van der Waals surface area contributed by atoms with E-state index >= 15 is 0 Å². The minimum absolute atomic E-state index is 0.157. The highest BCUT2D eigenvalue weighted by Gasteiger charge is 2.51. The number of anilines is 1. The van der Waals surface area contributed by atoms with E-state index < -0.39 is 11.4 Å². The molecule has 212 valence electrons. The molecule has 0 bridgehead atoms. The number of hydrogen-bond donors (Lipinski definition) is 1. The molecule has 1 fully saturated rings. The largest absolute Gasteiger partial charge is 0.383 e. The van der Waals surface area contributed by atoms with Crippen LogP contribution in [0.1, 0.15) is 36.6 Å². The van der Waals surface area contributed by atoms with Crippen molar-refractivity contribution in [3.63, 3.8) is 0 Å². The molecular formula is C34H31IN4O3. The lowest BCUT2D eigenvalue weighted by Crippen LogP contribution is -2.35. The summed E-state index contributed by atoms with van der Waals surface area (Å²) in [6.45, 7) is 4.25. The van der Waals surface area contributed by atoms with Crippen LogP contribution in [0.25, 0.3) is 11.0 Å². The zero-order valence-electron chi connectivity index (χ0n) is 23.4. The van der Waals surface area contributed by atoms with Gasteiger partial charge in [-0.15, -0.1) is 0 Å². The Bertz CT molecular complexity index is 1660. The van der Waals surface area contributed by atoms with Crippen molar-refractivity contribution in [1.29, 1.82) is 0 Å². The van der Waals surface area contributed by atoms with E-state index in [9.17, 15) is 0 Å². The maximum atomic E-state index is 7.18. The number of rotatable bonds is 7. The molecule has 3 aromatic carbocycles. The zero-order valence-corrected chi connectivity index (χ0v) is 25.5. The average molecular weight is 671 g/mol. The molecule has 2 aliphatic rings. The van der Waals surface area contributed by atoms with Gasteiger partial charge in [0.05, 0.1) is 18.0 Å². The van der Waals surface area contributed by atoms with E-state index in [2.05, 4.69) is 122 Å². The molecule has 0 unspecified atom stereocenters. The summed E-state index contributed by atoms with van der Waals surface area (Å²) in [5.41, 5.74) is 10.4. The first-order chi connectivity index (χ1) is 20.4. The van der Waals surface area contributed by atoms with E-state index in [1.165, 1.54) is 6.33 Å². The molecule has 2 aromatic heterocycles. The fourth-order valence-corrected chi connectivity index (χ4v) is 7.17. The van der Waals surface area contributed by atoms with Crippen molar-refractivity contribution in [2.24, 2.45) is 0 Å². The lowest BCUT2D eigenvalue weighted by Gasteiger charge is -2.36. The van der Waals surface area contributed by atoms with Crippen LogP contribution in [0.2, 0.25) is 0 Å². The van der Waals surface area contributed by atoms with E-state index in [0.717, 1.165) is 36.9 Å². The summed E-state index contributed by atoms with van der Waals surface area (Å²) in [6.07, 6.45) is 5.26. The number of fused-ring (bicyclic) bond motifs is 2. The maximum Gasteiger partial charge on any atom is 0.164 e. The van der Waals surface area contributed by atoms with Gasteiger partial charge in [-0.05, 0) is 58.7 Å². The smallest absolute Gasteiger partial charge is 0.164 e. The quantitative estimate of drug-likeness (QED) is 0.119. The molecule has 1 aliphatic heterocycles. The number of benzene rings is 3. The van der Waals surface area contributed by atoms with Gasteiger partial charge in [-0.25, -0.2) is 9.97 Å². The summed E-state index contributed by atoms with van der Waals surface area (Å²) < 4.78 is 23.3. The summed E-state index contributed by atoms with van der Waals surface area (Å²) in [7, 11) is 0. The van der Waals surface area contributed by atoms with Crippen LogP contribution in [0.3, 0.4) is 0 Å². The Morgan fingerprint density at radius 3 is 2.02 bits per heavy atom. The Kier molecular flexibility index (Phi) is 6.89. The second-order valence-corrected chi connectivity index (χ2v) is 12.3. The van der Waals surface area contributed by atoms with Crippen molar-refractivity contribution in [3.05, 3.63) is 135 Å². The van der Waals surface area contributed by atoms with E-state index in [-0.39, 0.29) is 18.2 Å². The molecular weight excluding hydrogens is 639 g/mol. The van der Waals surface area contributed by atoms with Gasteiger partial charge in [0.25, 0.3) is 0 Å². The lowest BCUT2D eigenvalue weighted by molar-refractivity contribution is -0.148. The van der Waals surface area contributed by atoms with Crippen molar-refractivity contribution in [3.8, 4) is 0 Å². The van der Waals surface area contributed by atoms with Crippen LogP contribution >= 0.6 is 22.6 Å². The molecule has 1 saturated heterocycles. The Morgan fingerprint density at radius 1 is 0.881 bits per heavy atom. The van der Waals surface area contributed by atoms with Crippen LogP contribution < -0.4 is 5.73 Å². The van der Waals surface area contributed by atoms with Crippen molar-refractivity contribution >= 4 is 39.4 Å². The van der Waals surface area contributed by atoms with Crippen LogP contribution in [0, 0.1) is 3.57 Å². The standard InChI is InChI=1S/C34H31IN4O3/c1-33(2)41-29-22(18-27(30(29)42-33)39-19-26(35)28-31(36)37-21-38-32(28)39)20-40-34(23-12-6-3-7-13-23,24-14-8-4-9-15-24)25-16-10-5-11-17-25/h3-19,21,27,29-30H,20H2,1-2H3,(H2,36,37,38)/t27-,29-,30+/m1/s1. The van der Waals surface area contributed by atoms with E-state index in [4.69, 9.17) is 19.9 Å². The zero-order chi connectivity index (χ0) is 28.9. The Labute approximate surface area is 258 Å². The first kappa shape index (κ1) is 27.3. The number of halogens is 1. The van der Waals surface area contributed by atoms with Gasteiger partial charge in [0.15, 0.2) is 5.79 Å². The van der Waals surface area contributed by atoms with E-state index in [1.807, 2.05) is 32.0 Å². The molecule has 7 rings (SSSR count). The summed E-state index contributed by atoms with van der Waals surface area (Å²) in [5, 5.41) is 0.849. The fourth-order valence-electron chi connectivity index (χ4n) is 6.35. The van der Waals surface area contributed by atoms with Crippen LogP contribution in [0.15, 0.2) is 115 Å². The minimum Gasteiger partial charge on any atom is -0.383 e. The molecule has 3 heterocycles. The molecule has 3 atom stereocenters. The molecule has 0 amide bonds. The third-order valence-corrected chi connectivity index (χ3v) is 8.94. The van der Waals surface area contributed by atoms with Crippen LogP contribution in [-0.4, -0.2) is 39.1 Å². The third kappa shape index (κ3) is 4.53. The van der Waals surface area contributed by atoms with Crippen LogP contribution in [0.4, 0.5) is 5.82 Å². The highest BCUT2D eigenvalue weighted by molar-refractivity contribution is 14.1. The van der Waals surface area contributed by atoms with Crippen molar-refractivity contribution in [2.45, 2.75) is 43.5 Å². The lowest BCUT2D eigenvalue weighted by atomic mass is 9.80. The number of hydrogen-bond acceptors (Lipinski definition) is 6. The highest BCUT2D eigenvalue weighted by atomic mass is 127. The topological polar surface area (TPSA) is 84.4 Å². The van der Waals surface area contributed by atoms with Crippen molar-refractivity contribution in [1.82, 2.24) is 14.5 Å². The number of nitrogens with two attached hydrogens (primary N) is 1. The number of aromatic nitrogens is 3. The SMILES string of the molecule is CC1(C)O[C@@H]2[C@H](O1)C(COC(c1ccccc1)(c1ccccc1)c1ccccc1)=C[C@H]2n1cc(I)c2c(N)ncnc21. The Balaban J connectivity index is 1.34. The van der Waals surface area contributed by atoms with Crippen LogP contribution in [-0.2, 0) is 19.8 Å². The number of ether oxygens (including phenoxy) is 3.